The number of benzene rings is 4. The molecule has 0 radical (unpaired) electrons. The van der Waals surface area contributed by atoms with Gasteiger partial charge in [-0.15, -0.1) is 0 Å². The van der Waals surface area contributed by atoms with Crippen LogP contribution in [0.3, 0.4) is 0 Å². The molecule has 4 aromatic rings. The molecular formula is C28H15F5. The van der Waals surface area contributed by atoms with E-state index in [9.17, 15) is 22.0 Å². The summed E-state index contributed by atoms with van der Waals surface area (Å²) in [4.78, 5) is 0. The van der Waals surface area contributed by atoms with Gasteiger partial charge in [-0.25, -0.2) is 22.0 Å². The van der Waals surface area contributed by atoms with Gasteiger partial charge < -0.3 is 0 Å². The fraction of sp³-hybridized carbons (Fsp3) is 0.0714. The van der Waals surface area contributed by atoms with Crippen molar-refractivity contribution in [2.75, 3.05) is 0 Å². The van der Waals surface area contributed by atoms with E-state index in [0.717, 1.165) is 18.2 Å². The molecule has 0 unspecified atom stereocenters. The highest BCUT2D eigenvalue weighted by molar-refractivity contribution is 5.84. The van der Waals surface area contributed by atoms with Gasteiger partial charge in [0.05, 0.1) is 11.1 Å². The molecule has 0 heterocycles. The summed E-state index contributed by atoms with van der Waals surface area (Å²) in [6, 6.07) is 13.5. The number of hydrogen-bond donors (Lipinski definition) is 0. The molecule has 0 aliphatic rings. The van der Waals surface area contributed by atoms with Crippen LogP contribution in [-0.2, 0) is 6.42 Å². The first kappa shape index (κ1) is 22.1. The van der Waals surface area contributed by atoms with E-state index in [2.05, 4.69) is 23.7 Å². The van der Waals surface area contributed by atoms with Crippen molar-refractivity contribution in [3.8, 4) is 23.7 Å². The van der Waals surface area contributed by atoms with Crippen LogP contribution in [0, 0.1) is 52.8 Å². The lowest BCUT2D eigenvalue weighted by Gasteiger charge is -2.01. The molecule has 0 aliphatic carbocycles. The Hall–Kier alpha value is -4.09. The maximum Gasteiger partial charge on any atom is 0.159 e. The number of halogens is 5. The summed E-state index contributed by atoms with van der Waals surface area (Å²) in [5.41, 5.74) is 0.978. The quantitative estimate of drug-likeness (QED) is 0.220. The topological polar surface area (TPSA) is 0 Å². The molecule has 0 N–H and O–H groups in total. The molecule has 5 heteroatoms. The van der Waals surface area contributed by atoms with E-state index in [1.807, 2.05) is 0 Å². The van der Waals surface area contributed by atoms with Gasteiger partial charge in [-0.3, -0.25) is 0 Å². The summed E-state index contributed by atoms with van der Waals surface area (Å²) < 4.78 is 69.4. The molecule has 4 aromatic carbocycles. The third kappa shape index (κ3) is 4.89. The third-order valence-corrected chi connectivity index (χ3v) is 5.03. The average Bonchev–Trinajstić information content (AvgIpc) is 2.78. The van der Waals surface area contributed by atoms with Crippen LogP contribution in [-0.4, -0.2) is 0 Å². The first-order valence-corrected chi connectivity index (χ1v) is 10.0. The molecule has 0 fully saturated rings. The van der Waals surface area contributed by atoms with Gasteiger partial charge in [-0.2, -0.15) is 0 Å². The summed E-state index contributed by atoms with van der Waals surface area (Å²) >= 11 is 0. The highest BCUT2D eigenvalue weighted by atomic mass is 19.2. The van der Waals surface area contributed by atoms with Crippen LogP contribution < -0.4 is 0 Å². The number of rotatable bonds is 1. The van der Waals surface area contributed by atoms with E-state index < -0.39 is 29.1 Å². The second-order valence-corrected chi connectivity index (χ2v) is 7.31. The van der Waals surface area contributed by atoms with Gasteiger partial charge in [0, 0.05) is 11.1 Å². The third-order valence-electron chi connectivity index (χ3n) is 5.03. The Kier molecular flexibility index (Phi) is 6.16. The molecule has 0 aromatic heterocycles. The Morgan fingerprint density at radius 1 is 0.545 bits per heavy atom. The molecule has 162 valence electrons. The van der Waals surface area contributed by atoms with Gasteiger partial charge in [0.2, 0.25) is 0 Å². The summed E-state index contributed by atoms with van der Waals surface area (Å²) in [6.45, 7) is 1.79. The summed E-state index contributed by atoms with van der Waals surface area (Å²) in [6.07, 6.45) is 0.490. The second-order valence-electron chi connectivity index (χ2n) is 7.31. The molecule has 33 heavy (non-hydrogen) atoms. The van der Waals surface area contributed by atoms with Crippen LogP contribution in [0.1, 0.15) is 34.7 Å². The number of fused-ring (bicyclic) bond motifs is 1. The lowest BCUT2D eigenvalue weighted by atomic mass is 10.1. The fourth-order valence-electron chi connectivity index (χ4n) is 3.24. The van der Waals surface area contributed by atoms with Gasteiger partial charge in [0.25, 0.3) is 0 Å². The van der Waals surface area contributed by atoms with Gasteiger partial charge >= 0.3 is 0 Å². The van der Waals surface area contributed by atoms with Gasteiger partial charge in [0.15, 0.2) is 11.6 Å². The smallest absolute Gasteiger partial charge is 0.159 e. The molecule has 4 rings (SSSR count). The van der Waals surface area contributed by atoms with E-state index in [1.165, 1.54) is 24.3 Å². The van der Waals surface area contributed by atoms with E-state index in [4.69, 9.17) is 0 Å². The Morgan fingerprint density at radius 2 is 1.15 bits per heavy atom. The maximum absolute atomic E-state index is 14.5. The Balaban J connectivity index is 1.59. The predicted octanol–water partition coefficient (Wildman–Crippen LogP) is 6.90. The SMILES string of the molecule is CCc1cc(F)c(C#Cc2ccc(C#Cc3ccc4cc(F)c(F)cc4c3)c(F)c2)c(F)c1. The zero-order valence-corrected chi connectivity index (χ0v) is 17.4. The lowest BCUT2D eigenvalue weighted by molar-refractivity contribution is 0.511. The molecule has 0 spiro atoms. The van der Waals surface area contributed by atoms with Gasteiger partial charge in [-0.1, -0.05) is 36.7 Å². The first-order valence-electron chi connectivity index (χ1n) is 10.0. The normalized spacial score (nSPS) is 10.4. The summed E-state index contributed by atoms with van der Waals surface area (Å²) in [7, 11) is 0. The molecule has 0 bridgehead atoms. The minimum atomic E-state index is -0.962. The highest BCUT2D eigenvalue weighted by Gasteiger charge is 2.09. The second kappa shape index (κ2) is 9.18. The van der Waals surface area contributed by atoms with Crippen molar-refractivity contribution in [2.45, 2.75) is 13.3 Å². The number of hydrogen-bond acceptors (Lipinski definition) is 0. The van der Waals surface area contributed by atoms with E-state index in [0.29, 0.717) is 28.3 Å². The monoisotopic (exact) mass is 446 g/mol. The average molecular weight is 446 g/mol. The lowest BCUT2D eigenvalue weighted by Crippen LogP contribution is -1.94. The van der Waals surface area contributed by atoms with Crippen molar-refractivity contribution in [1.29, 1.82) is 0 Å². The Labute approximate surface area is 187 Å². The van der Waals surface area contributed by atoms with Gasteiger partial charge in [-0.05, 0) is 77.4 Å². The molecule has 0 saturated carbocycles. The standard InChI is InChI=1S/C28H15F5/c1-2-17-12-25(30)23(26(31)13-17)10-6-19-4-8-20(24(29)14-19)7-3-18-5-9-21-15-27(32)28(33)16-22(21)11-18/h4-5,8-9,11-16H,2H2,1H3. The fourth-order valence-corrected chi connectivity index (χ4v) is 3.24. The van der Waals surface area contributed by atoms with Crippen molar-refractivity contribution >= 4 is 10.8 Å². The predicted molar refractivity (Wildman–Crippen MR) is 118 cm³/mol. The van der Waals surface area contributed by atoms with Crippen molar-refractivity contribution < 1.29 is 22.0 Å². The Bertz CT molecular complexity index is 1490. The van der Waals surface area contributed by atoms with Crippen molar-refractivity contribution in [3.05, 3.63) is 118 Å². The molecule has 0 saturated heterocycles. The Morgan fingerprint density at radius 3 is 1.82 bits per heavy atom. The molecule has 0 nitrogen and oxygen atoms in total. The zero-order chi connectivity index (χ0) is 23.5. The molecule has 0 atom stereocenters. The molecule has 0 amide bonds. The van der Waals surface area contributed by atoms with Crippen LogP contribution in [0.25, 0.3) is 10.8 Å². The summed E-state index contributed by atoms with van der Waals surface area (Å²) in [5, 5.41) is 0.990. The highest BCUT2D eigenvalue weighted by Crippen LogP contribution is 2.20. The summed E-state index contributed by atoms with van der Waals surface area (Å²) in [5.74, 6) is 6.40. The number of aryl methyl sites for hydroxylation is 1. The van der Waals surface area contributed by atoms with Gasteiger partial charge in [0.1, 0.15) is 17.5 Å². The molecular weight excluding hydrogens is 431 g/mol. The minimum Gasteiger partial charge on any atom is -0.206 e. The molecule has 0 aliphatic heterocycles. The van der Waals surface area contributed by atoms with Crippen LogP contribution in [0.15, 0.2) is 60.7 Å². The van der Waals surface area contributed by atoms with Crippen LogP contribution >= 0.6 is 0 Å². The first-order chi connectivity index (χ1) is 15.8. The van der Waals surface area contributed by atoms with Crippen molar-refractivity contribution in [2.24, 2.45) is 0 Å². The van der Waals surface area contributed by atoms with Crippen molar-refractivity contribution in [1.82, 2.24) is 0 Å². The largest absolute Gasteiger partial charge is 0.206 e. The van der Waals surface area contributed by atoms with Crippen molar-refractivity contribution in [3.63, 3.8) is 0 Å². The minimum absolute atomic E-state index is 0.0931. The van der Waals surface area contributed by atoms with E-state index >= 15 is 0 Å². The maximum atomic E-state index is 14.5. The van der Waals surface area contributed by atoms with Crippen LogP contribution in [0.5, 0.6) is 0 Å². The zero-order valence-electron chi connectivity index (χ0n) is 17.4. The van der Waals surface area contributed by atoms with E-state index in [-0.39, 0.29) is 16.7 Å². The van der Waals surface area contributed by atoms with Crippen LogP contribution in [0.2, 0.25) is 0 Å². The van der Waals surface area contributed by atoms with E-state index in [1.54, 1.807) is 25.1 Å². The van der Waals surface area contributed by atoms with Crippen LogP contribution in [0.4, 0.5) is 22.0 Å².